The highest BCUT2D eigenvalue weighted by Gasteiger charge is 2.08. The highest BCUT2D eigenvalue weighted by atomic mass is 15.2. The number of nitrogens with zero attached hydrogens (tertiary/aromatic N) is 3. The van der Waals surface area contributed by atoms with Crippen molar-refractivity contribution in [2.24, 2.45) is 0 Å². The fourth-order valence-corrected chi connectivity index (χ4v) is 2.13. The predicted molar refractivity (Wildman–Crippen MR) is 69.1 cm³/mol. The number of fused-ring (bicyclic) bond motifs is 1. The Morgan fingerprint density at radius 1 is 1.35 bits per heavy atom. The zero-order chi connectivity index (χ0) is 12.1. The molecule has 92 valence electrons. The second-order valence-corrected chi connectivity index (χ2v) is 4.30. The Labute approximate surface area is 102 Å². The monoisotopic (exact) mass is 232 g/mol. The van der Waals surface area contributed by atoms with Crippen LogP contribution in [0, 0.1) is 0 Å². The second kappa shape index (κ2) is 5.77. The Morgan fingerprint density at radius 2 is 2.24 bits per heavy atom. The van der Waals surface area contributed by atoms with E-state index in [1.807, 2.05) is 12.3 Å². The molecule has 2 aromatic heterocycles. The van der Waals surface area contributed by atoms with Crippen molar-refractivity contribution in [2.75, 3.05) is 6.54 Å². The number of hydrogen-bond donors (Lipinski definition) is 1. The molecule has 17 heavy (non-hydrogen) atoms. The summed E-state index contributed by atoms with van der Waals surface area (Å²) in [5, 5.41) is 7.66. The summed E-state index contributed by atoms with van der Waals surface area (Å²) in [6.07, 6.45) is 7.14. The van der Waals surface area contributed by atoms with Crippen molar-refractivity contribution in [3.05, 3.63) is 30.2 Å². The van der Waals surface area contributed by atoms with Crippen LogP contribution >= 0.6 is 0 Å². The van der Waals surface area contributed by atoms with E-state index in [0.29, 0.717) is 6.04 Å². The molecular weight excluding hydrogens is 212 g/mol. The fraction of sp³-hybridized carbons (Fsp3) is 0.538. The molecule has 0 saturated carbocycles. The van der Waals surface area contributed by atoms with Gasteiger partial charge in [0.1, 0.15) is 0 Å². The molecule has 0 spiro atoms. The van der Waals surface area contributed by atoms with Crippen LogP contribution in [-0.2, 0) is 6.42 Å². The third-order valence-electron chi connectivity index (χ3n) is 2.90. The van der Waals surface area contributed by atoms with E-state index in [-0.39, 0.29) is 0 Å². The van der Waals surface area contributed by atoms with Crippen LogP contribution < -0.4 is 5.32 Å². The van der Waals surface area contributed by atoms with Crippen LogP contribution in [0.15, 0.2) is 24.5 Å². The molecule has 0 aliphatic carbocycles. The molecule has 0 amide bonds. The summed E-state index contributed by atoms with van der Waals surface area (Å²) in [6, 6.07) is 4.52. The molecule has 1 atom stereocenters. The van der Waals surface area contributed by atoms with Crippen LogP contribution in [0.5, 0.6) is 0 Å². The largest absolute Gasteiger partial charge is 0.314 e. The van der Waals surface area contributed by atoms with Gasteiger partial charge in [-0.05, 0) is 19.0 Å². The van der Waals surface area contributed by atoms with E-state index in [9.17, 15) is 0 Å². The lowest BCUT2D eigenvalue weighted by atomic mass is 10.1. The van der Waals surface area contributed by atoms with E-state index >= 15 is 0 Å². The van der Waals surface area contributed by atoms with E-state index in [0.717, 1.165) is 24.3 Å². The van der Waals surface area contributed by atoms with E-state index in [4.69, 9.17) is 0 Å². The van der Waals surface area contributed by atoms with Gasteiger partial charge in [0.15, 0.2) is 5.65 Å². The first-order valence-electron chi connectivity index (χ1n) is 6.36. The zero-order valence-corrected chi connectivity index (χ0v) is 10.6. The molecule has 2 heterocycles. The van der Waals surface area contributed by atoms with Gasteiger partial charge in [0.05, 0.1) is 6.20 Å². The average molecular weight is 232 g/mol. The normalized spacial score (nSPS) is 13.1. The minimum atomic E-state index is 0.530. The number of nitrogens with one attached hydrogen (secondary N) is 1. The summed E-state index contributed by atoms with van der Waals surface area (Å²) in [6.45, 7) is 5.38. The maximum absolute atomic E-state index is 4.60. The number of hydrogen-bond acceptors (Lipinski definition) is 3. The second-order valence-electron chi connectivity index (χ2n) is 4.30. The average Bonchev–Trinajstić information content (AvgIpc) is 2.77. The van der Waals surface area contributed by atoms with Gasteiger partial charge in [-0.15, -0.1) is 0 Å². The van der Waals surface area contributed by atoms with Crippen molar-refractivity contribution in [3.63, 3.8) is 0 Å². The molecule has 0 aromatic carbocycles. The van der Waals surface area contributed by atoms with Gasteiger partial charge in [-0.25, -0.2) is 9.50 Å². The van der Waals surface area contributed by atoms with Crippen molar-refractivity contribution >= 4 is 5.65 Å². The van der Waals surface area contributed by atoms with Crippen LogP contribution in [0.4, 0.5) is 0 Å². The maximum atomic E-state index is 4.60. The lowest BCUT2D eigenvalue weighted by Crippen LogP contribution is -2.31. The van der Waals surface area contributed by atoms with Crippen LogP contribution in [0.3, 0.4) is 0 Å². The van der Waals surface area contributed by atoms with Crippen molar-refractivity contribution in [3.8, 4) is 0 Å². The zero-order valence-electron chi connectivity index (χ0n) is 10.6. The SMILES string of the molecule is CCCC(Cc1ccn2nccc2n1)NCC. The Morgan fingerprint density at radius 3 is 3.00 bits per heavy atom. The summed E-state index contributed by atoms with van der Waals surface area (Å²) in [5.41, 5.74) is 2.06. The fourth-order valence-electron chi connectivity index (χ4n) is 2.13. The Balaban J connectivity index is 2.09. The summed E-state index contributed by atoms with van der Waals surface area (Å²) >= 11 is 0. The van der Waals surface area contributed by atoms with Crippen molar-refractivity contribution < 1.29 is 0 Å². The number of likely N-dealkylation sites (N-methyl/N-ethyl adjacent to an activating group) is 1. The van der Waals surface area contributed by atoms with Crippen molar-refractivity contribution in [1.29, 1.82) is 0 Å². The molecule has 1 N–H and O–H groups in total. The van der Waals surface area contributed by atoms with Crippen LogP contribution in [0.25, 0.3) is 5.65 Å². The molecule has 1 unspecified atom stereocenters. The summed E-state index contributed by atoms with van der Waals surface area (Å²) in [5.74, 6) is 0. The molecule has 2 aromatic rings. The molecule has 4 heteroatoms. The minimum absolute atomic E-state index is 0.530. The number of aromatic nitrogens is 3. The van der Waals surface area contributed by atoms with Crippen LogP contribution in [0.2, 0.25) is 0 Å². The molecule has 0 aliphatic rings. The molecule has 4 nitrogen and oxygen atoms in total. The lowest BCUT2D eigenvalue weighted by Gasteiger charge is -2.16. The van der Waals surface area contributed by atoms with Gasteiger partial charge in [0, 0.05) is 30.4 Å². The standard InChI is InChI=1S/C13H20N4/c1-3-5-11(14-4-2)10-12-7-9-17-13(16-12)6-8-15-17/h6-9,11,14H,3-5,10H2,1-2H3. The van der Waals surface area contributed by atoms with Gasteiger partial charge in [-0.1, -0.05) is 20.3 Å². The quantitative estimate of drug-likeness (QED) is 0.829. The first kappa shape index (κ1) is 12.0. The van der Waals surface area contributed by atoms with Gasteiger partial charge in [0.2, 0.25) is 0 Å². The third-order valence-corrected chi connectivity index (χ3v) is 2.90. The third kappa shape index (κ3) is 3.03. The topological polar surface area (TPSA) is 42.2 Å². The van der Waals surface area contributed by atoms with Gasteiger partial charge >= 0.3 is 0 Å². The van der Waals surface area contributed by atoms with E-state index in [1.165, 1.54) is 12.8 Å². The highest BCUT2D eigenvalue weighted by Crippen LogP contribution is 2.07. The van der Waals surface area contributed by atoms with Gasteiger partial charge < -0.3 is 5.32 Å². The Kier molecular flexibility index (Phi) is 4.09. The van der Waals surface area contributed by atoms with E-state index in [1.54, 1.807) is 10.7 Å². The highest BCUT2D eigenvalue weighted by molar-refractivity contribution is 5.36. The van der Waals surface area contributed by atoms with Gasteiger partial charge in [-0.2, -0.15) is 5.10 Å². The van der Waals surface area contributed by atoms with E-state index in [2.05, 4.69) is 35.3 Å². The molecule has 0 aliphatic heterocycles. The number of rotatable bonds is 6. The first-order chi connectivity index (χ1) is 8.33. The van der Waals surface area contributed by atoms with E-state index < -0.39 is 0 Å². The Hall–Kier alpha value is -1.42. The van der Waals surface area contributed by atoms with Gasteiger partial charge in [0.25, 0.3) is 0 Å². The summed E-state index contributed by atoms with van der Waals surface area (Å²) in [4.78, 5) is 4.60. The van der Waals surface area contributed by atoms with Crippen molar-refractivity contribution in [2.45, 2.75) is 39.2 Å². The lowest BCUT2D eigenvalue weighted by molar-refractivity contribution is 0.482. The smallest absolute Gasteiger partial charge is 0.155 e. The summed E-state index contributed by atoms with van der Waals surface area (Å²) < 4.78 is 1.80. The summed E-state index contributed by atoms with van der Waals surface area (Å²) in [7, 11) is 0. The van der Waals surface area contributed by atoms with Crippen LogP contribution in [-0.4, -0.2) is 27.2 Å². The van der Waals surface area contributed by atoms with Crippen molar-refractivity contribution in [1.82, 2.24) is 19.9 Å². The minimum Gasteiger partial charge on any atom is -0.314 e. The van der Waals surface area contributed by atoms with Crippen LogP contribution in [0.1, 0.15) is 32.4 Å². The maximum Gasteiger partial charge on any atom is 0.155 e. The van der Waals surface area contributed by atoms with Gasteiger partial charge in [-0.3, -0.25) is 0 Å². The molecule has 0 saturated heterocycles. The first-order valence-corrected chi connectivity index (χ1v) is 6.36. The Bertz CT molecular complexity index is 457. The molecule has 0 radical (unpaired) electrons. The molecule has 2 rings (SSSR count). The predicted octanol–water partition coefficient (Wildman–Crippen LogP) is 2.05. The molecule has 0 bridgehead atoms. The molecular formula is C13H20N4. The molecule has 0 fully saturated rings.